The van der Waals surface area contributed by atoms with Gasteiger partial charge in [-0.1, -0.05) is 20.8 Å². The number of nitrogens with one attached hydrogen (secondary N) is 1. The van der Waals surface area contributed by atoms with Gasteiger partial charge in [0.15, 0.2) is 14.5 Å². The largest absolute Gasteiger partial charge is 0.414 e. The van der Waals surface area contributed by atoms with Crippen LogP contribution in [0.4, 0.5) is 0 Å². The molecule has 0 aromatic carbocycles. The van der Waals surface area contributed by atoms with Crippen molar-refractivity contribution in [2.75, 3.05) is 13.7 Å². The van der Waals surface area contributed by atoms with E-state index in [1.165, 1.54) is 11.7 Å². The minimum absolute atomic E-state index is 0.0203. The van der Waals surface area contributed by atoms with Gasteiger partial charge < -0.3 is 28.5 Å². The summed E-state index contributed by atoms with van der Waals surface area (Å²) in [5, 5.41) is 9.67. The normalized spacial score (nSPS) is 30.0. The predicted molar refractivity (Wildman–Crippen MR) is 105 cm³/mol. The molecule has 0 saturated carbocycles. The highest BCUT2D eigenvalue weighted by Crippen LogP contribution is 2.41. The summed E-state index contributed by atoms with van der Waals surface area (Å²) in [7, 11) is -0.590. The molecule has 2 aliphatic heterocycles. The Morgan fingerprint density at radius 3 is 2.45 bits per heavy atom. The molecule has 29 heavy (non-hydrogen) atoms. The van der Waals surface area contributed by atoms with E-state index in [2.05, 4.69) is 38.8 Å². The molecule has 10 nitrogen and oxygen atoms in total. The van der Waals surface area contributed by atoms with Gasteiger partial charge in [-0.25, -0.2) is 4.79 Å². The number of H-pyrrole nitrogens is 1. The Kier molecular flexibility index (Phi) is 6.21. The topological polar surface area (TPSA) is 121 Å². The first-order valence-electron chi connectivity index (χ1n) is 9.57. The maximum atomic E-state index is 12.5. The van der Waals surface area contributed by atoms with Crippen LogP contribution in [0.2, 0.25) is 18.1 Å². The van der Waals surface area contributed by atoms with Gasteiger partial charge in [0, 0.05) is 13.2 Å². The van der Waals surface area contributed by atoms with Crippen LogP contribution in [0.5, 0.6) is 0 Å². The molecule has 164 valence electrons. The molecule has 0 amide bonds. The highest BCUT2D eigenvalue weighted by Gasteiger charge is 2.55. The standard InChI is InChI=1S/C18H30N2O8Si/c1-18(2,3)29(5,6)25-9-11-13-14(28-17(24-4)27-13)15(26-11)20-10(8-21)7-12(22)19-16(20)23/h7,11,13-15,17,21H,8-9H2,1-6H3,(H,19,22,23)/t11-,13-,14-,15-,17?/m1/s1. The van der Waals surface area contributed by atoms with Gasteiger partial charge in [0.05, 0.1) is 18.9 Å². The van der Waals surface area contributed by atoms with Crippen molar-refractivity contribution in [1.82, 2.24) is 9.55 Å². The van der Waals surface area contributed by atoms with Crippen molar-refractivity contribution in [3.8, 4) is 0 Å². The van der Waals surface area contributed by atoms with Gasteiger partial charge in [-0.15, -0.1) is 0 Å². The summed E-state index contributed by atoms with van der Waals surface area (Å²) in [6.07, 6.45) is -2.61. The first-order valence-corrected chi connectivity index (χ1v) is 12.5. The fourth-order valence-electron chi connectivity index (χ4n) is 3.22. The van der Waals surface area contributed by atoms with Crippen LogP contribution in [0.15, 0.2) is 15.7 Å². The number of ether oxygens (including phenoxy) is 4. The zero-order chi connectivity index (χ0) is 21.6. The van der Waals surface area contributed by atoms with Crippen LogP contribution in [0.1, 0.15) is 32.7 Å². The average molecular weight is 431 g/mol. The van der Waals surface area contributed by atoms with Gasteiger partial charge in [-0.3, -0.25) is 14.3 Å². The number of hydrogen-bond acceptors (Lipinski definition) is 8. The Labute approximate surface area is 169 Å². The van der Waals surface area contributed by atoms with Crippen molar-refractivity contribution < 1.29 is 28.5 Å². The van der Waals surface area contributed by atoms with E-state index >= 15 is 0 Å². The summed E-state index contributed by atoms with van der Waals surface area (Å²) in [5.41, 5.74) is -1.17. The zero-order valence-corrected chi connectivity index (χ0v) is 18.6. The Bertz CT molecular complexity index is 845. The molecule has 2 fully saturated rings. The number of nitrogens with zero attached hydrogens (tertiary/aromatic N) is 1. The van der Waals surface area contributed by atoms with E-state index in [0.29, 0.717) is 0 Å². The second-order valence-corrected chi connectivity index (χ2v) is 13.6. The summed E-state index contributed by atoms with van der Waals surface area (Å²) >= 11 is 0. The Morgan fingerprint density at radius 1 is 1.21 bits per heavy atom. The summed E-state index contributed by atoms with van der Waals surface area (Å²) in [6.45, 7) is 9.56. The van der Waals surface area contributed by atoms with E-state index in [1.54, 1.807) is 0 Å². The lowest BCUT2D eigenvalue weighted by Crippen LogP contribution is -2.44. The molecule has 1 aromatic heterocycles. The molecule has 2 N–H and O–H groups in total. The van der Waals surface area contributed by atoms with E-state index < -0.39 is 57.2 Å². The minimum Gasteiger partial charge on any atom is -0.414 e. The van der Waals surface area contributed by atoms with Crippen molar-refractivity contribution in [2.24, 2.45) is 0 Å². The summed E-state index contributed by atoms with van der Waals surface area (Å²) in [6, 6.07) is 1.16. The third kappa shape index (κ3) is 4.26. The third-order valence-electron chi connectivity index (χ3n) is 5.90. The second kappa shape index (κ2) is 8.06. The van der Waals surface area contributed by atoms with Crippen LogP contribution in [-0.4, -0.2) is 61.5 Å². The quantitative estimate of drug-likeness (QED) is 0.632. The van der Waals surface area contributed by atoms with E-state index in [4.69, 9.17) is 23.4 Å². The molecule has 1 aromatic rings. The van der Waals surface area contributed by atoms with Gasteiger partial charge in [0.1, 0.15) is 18.3 Å². The molecular formula is C18H30N2O8Si. The number of hydrogen-bond donors (Lipinski definition) is 2. The Balaban J connectivity index is 1.89. The van der Waals surface area contributed by atoms with Crippen molar-refractivity contribution in [1.29, 1.82) is 0 Å². The number of aliphatic hydroxyl groups excluding tert-OH is 1. The van der Waals surface area contributed by atoms with Gasteiger partial charge >= 0.3 is 5.69 Å². The third-order valence-corrected chi connectivity index (χ3v) is 10.4. The molecule has 0 aliphatic carbocycles. The van der Waals surface area contributed by atoms with Gasteiger partial charge in [0.25, 0.3) is 12.0 Å². The number of rotatable bonds is 6. The molecule has 0 bridgehead atoms. The van der Waals surface area contributed by atoms with E-state index in [1.807, 2.05) is 0 Å². The first kappa shape index (κ1) is 22.3. The van der Waals surface area contributed by atoms with Crippen molar-refractivity contribution in [3.05, 3.63) is 32.6 Å². The van der Waals surface area contributed by atoms with Crippen LogP contribution in [-0.2, 0) is 30.0 Å². The summed E-state index contributed by atoms with van der Waals surface area (Å²) in [5.74, 6) is 0. The lowest BCUT2D eigenvalue weighted by Gasteiger charge is -2.37. The lowest BCUT2D eigenvalue weighted by molar-refractivity contribution is -0.257. The SMILES string of the molecule is COC1O[C@@H]2[C@H](O1)[C@@H](CO[Si](C)(C)C(C)(C)C)O[C@H]2n1c(CO)cc(=O)[nH]c1=O. The maximum absolute atomic E-state index is 12.5. The first-order chi connectivity index (χ1) is 13.5. The fraction of sp³-hybridized carbons (Fsp3) is 0.778. The number of methoxy groups -OCH3 is 1. The van der Waals surface area contributed by atoms with Crippen LogP contribution < -0.4 is 11.2 Å². The highest BCUT2D eigenvalue weighted by atomic mass is 28.4. The van der Waals surface area contributed by atoms with Crippen molar-refractivity contribution >= 4 is 8.32 Å². The maximum Gasteiger partial charge on any atom is 0.330 e. The van der Waals surface area contributed by atoms with Gasteiger partial charge in [-0.2, -0.15) is 0 Å². The number of aromatic nitrogens is 2. The number of aliphatic hydroxyl groups is 1. The molecule has 2 saturated heterocycles. The van der Waals surface area contributed by atoms with Crippen LogP contribution in [0.25, 0.3) is 0 Å². The van der Waals surface area contributed by atoms with E-state index in [9.17, 15) is 14.7 Å². The molecule has 2 aliphatic rings. The average Bonchev–Trinajstić information content (AvgIpc) is 3.18. The second-order valence-electron chi connectivity index (χ2n) is 8.82. The Morgan fingerprint density at radius 2 is 1.86 bits per heavy atom. The molecule has 3 rings (SSSR count). The zero-order valence-electron chi connectivity index (χ0n) is 17.6. The fourth-order valence-corrected chi connectivity index (χ4v) is 4.23. The Hall–Kier alpha value is -1.34. The number of fused-ring (bicyclic) bond motifs is 1. The molecule has 0 radical (unpaired) electrons. The molecule has 3 heterocycles. The van der Waals surface area contributed by atoms with Crippen LogP contribution >= 0.6 is 0 Å². The van der Waals surface area contributed by atoms with Gasteiger partial charge in [-0.05, 0) is 18.1 Å². The van der Waals surface area contributed by atoms with E-state index in [0.717, 1.165) is 6.07 Å². The van der Waals surface area contributed by atoms with E-state index in [-0.39, 0.29) is 17.3 Å². The molecule has 1 unspecified atom stereocenters. The monoisotopic (exact) mass is 430 g/mol. The smallest absolute Gasteiger partial charge is 0.330 e. The minimum atomic E-state index is -2.04. The molecule has 11 heteroatoms. The molecule has 0 spiro atoms. The lowest BCUT2D eigenvalue weighted by atomic mass is 10.1. The number of aromatic amines is 1. The van der Waals surface area contributed by atoms with Crippen molar-refractivity contribution in [2.45, 2.75) is 76.5 Å². The van der Waals surface area contributed by atoms with Crippen molar-refractivity contribution in [3.63, 3.8) is 0 Å². The highest BCUT2D eigenvalue weighted by molar-refractivity contribution is 6.74. The van der Waals surface area contributed by atoms with Gasteiger partial charge in [0.2, 0.25) is 0 Å². The van der Waals surface area contributed by atoms with Crippen LogP contribution in [0.3, 0.4) is 0 Å². The predicted octanol–water partition coefficient (Wildman–Crippen LogP) is 0.662. The van der Waals surface area contributed by atoms with Crippen LogP contribution in [0, 0.1) is 0 Å². The molecular weight excluding hydrogens is 400 g/mol. The molecule has 5 atom stereocenters. The summed E-state index contributed by atoms with van der Waals surface area (Å²) in [4.78, 5) is 26.3. The summed E-state index contributed by atoms with van der Waals surface area (Å²) < 4.78 is 30.3.